The second-order valence-corrected chi connectivity index (χ2v) is 3.67. The maximum atomic E-state index is 2.32. The molecule has 0 aromatic heterocycles. The molecule has 1 rings (SSSR count). The van der Waals surface area contributed by atoms with Gasteiger partial charge in [-0.1, -0.05) is 34.9 Å². The molecule has 1 atom stereocenters. The molecule has 0 aromatic carbocycles. The number of rotatable bonds is 1. The summed E-state index contributed by atoms with van der Waals surface area (Å²) in [5, 5.41) is 0. The number of hydrogen-bond donors (Lipinski definition) is 0. The van der Waals surface area contributed by atoms with Gasteiger partial charge in [-0.15, -0.1) is 0 Å². The van der Waals surface area contributed by atoms with E-state index in [-0.39, 0.29) is 0 Å². The fourth-order valence-corrected chi connectivity index (χ4v) is 1.49. The molecule has 0 aliphatic heterocycles. The molecule has 0 spiro atoms. The second-order valence-electron chi connectivity index (χ2n) is 3.67. The van der Waals surface area contributed by atoms with Gasteiger partial charge in [0.25, 0.3) is 0 Å². The number of hydrogen-bond acceptors (Lipinski definition) is 0. The van der Waals surface area contributed by atoms with Gasteiger partial charge in [0.15, 0.2) is 0 Å². The molecule has 0 heteroatoms. The predicted molar refractivity (Wildman–Crippen MR) is 55.1 cm³/mol. The summed E-state index contributed by atoms with van der Waals surface area (Å²) in [4.78, 5) is 0. The lowest BCUT2D eigenvalue weighted by Gasteiger charge is -2.19. The summed E-state index contributed by atoms with van der Waals surface area (Å²) in [5.41, 5.74) is 4.46. The summed E-state index contributed by atoms with van der Waals surface area (Å²) < 4.78 is 0. The molecule has 0 saturated heterocycles. The lowest BCUT2D eigenvalue weighted by atomic mass is 9.86. The van der Waals surface area contributed by atoms with Gasteiger partial charge in [0, 0.05) is 5.92 Å². The SMILES string of the molecule is C/C=C(\C)C1C=CC(C)=C(C)C1. The van der Waals surface area contributed by atoms with Gasteiger partial charge in [0.2, 0.25) is 0 Å². The fraction of sp³-hybridized carbons (Fsp3) is 0.500. The zero-order chi connectivity index (χ0) is 9.14. The summed E-state index contributed by atoms with van der Waals surface area (Å²) in [6.07, 6.45) is 7.98. The normalized spacial score (nSPS) is 25.0. The largest absolute Gasteiger partial charge is 0.0881 e. The van der Waals surface area contributed by atoms with E-state index in [2.05, 4.69) is 45.9 Å². The Labute approximate surface area is 75.7 Å². The van der Waals surface area contributed by atoms with Crippen molar-refractivity contribution >= 4 is 0 Å². The highest BCUT2D eigenvalue weighted by molar-refractivity contribution is 5.31. The first-order valence-electron chi connectivity index (χ1n) is 4.62. The molecule has 0 radical (unpaired) electrons. The topological polar surface area (TPSA) is 0 Å². The van der Waals surface area contributed by atoms with Crippen LogP contribution < -0.4 is 0 Å². The highest BCUT2D eigenvalue weighted by Crippen LogP contribution is 2.27. The summed E-state index contributed by atoms with van der Waals surface area (Å²) >= 11 is 0. The Balaban J connectivity index is 2.75. The summed E-state index contributed by atoms with van der Waals surface area (Å²) in [6.45, 7) is 8.74. The summed E-state index contributed by atoms with van der Waals surface area (Å²) in [6, 6.07) is 0. The molecule has 0 heterocycles. The van der Waals surface area contributed by atoms with E-state index in [4.69, 9.17) is 0 Å². The van der Waals surface area contributed by atoms with Crippen molar-refractivity contribution in [2.45, 2.75) is 34.1 Å². The van der Waals surface area contributed by atoms with Crippen molar-refractivity contribution < 1.29 is 0 Å². The van der Waals surface area contributed by atoms with Crippen molar-refractivity contribution in [1.82, 2.24) is 0 Å². The van der Waals surface area contributed by atoms with Crippen LogP contribution >= 0.6 is 0 Å². The molecule has 0 aromatic rings. The van der Waals surface area contributed by atoms with Crippen molar-refractivity contribution in [1.29, 1.82) is 0 Å². The Morgan fingerprint density at radius 3 is 2.67 bits per heavy atom. The molecule has 0 nitrogen and oxygen atoms in total. The maximum absolute atomic E-state index is 2.32. The third-order valence-electron chi connectivity index (χ3n) is 2.82. The highest BCUT2D eigenvalue weighted by Gasteiger charge is 2.11. The van der Waals surface area contributed by atoms with Crippen LogP contribution in [0, 0.1) is 5.92 Å². The monoisotopic (exact) mass is 162 g/mol. The summed E-state index contributed by atoms with van der Waals surface area (Å²) in [5.74, 6) is 0.652. The first-order chi connectivity index (χ1) is 5.65. The fourth-order valence-electron chi connectivity index (χ4n) is 1.49. The van der Waals surface area contributed by atoms with Gasteiger partial charge in [-0.25, -0.2) is 0 Å². The third-order valence-corrected chi connectivity index (χ3v) is 2.82. The average Bonchev–Trinajstić information content (AvgIpc) is 2.08. The minimum Gasteiger partial charge on any atom is -0.0881 e. The molecular weight excluding hydrogens is 144 g/mol. The van der Waals surface area contributed by atoms with Crippen molar-refractivity contribution in [2.24, 2.45) is 5.92 Å². The molecule has 0 fully saturated rings. The predicted octanol–water partition coefficient (Wildman–Crippen LogP) is 3.87. The van der Waals surface area contributed by atoms with Crippen LogP contribution in [-0.4, -0.2) is 0 Å². The van der Waals surface area contributed by atoms with Gasteiger partial charge in [0.1, 0.15) is 0 Å². The minimum absolute atomic E-state index is 0.652. The third kappa shape index (κ3) is 1.88. The van der Waals surface area contributed by atoms with Crippen molar-refractivity contribution in [2.75, 3.05) is 0 Å². The van der Waals surface area contributed by atoms with Crippen LogP contribution in [0.15, 0.2) is 34.9 Å². The van der Waals surface area contributed by atoms with E-state index in [1.807, 2.05) is 0 Å². The molecule has 0 amide bonds. The van der Waals surface area contributed by atoms with Gasteiger partial charge in [-0.05, 0) is 34.1 Å². The summed E-state index contributed by atoms with van der Waals surface area (Å²) in [7, 11) is 0. The van der Waals surface area contributed by atoms with Gasteiger partial charge in [-0.3, -0.25) is 0 Å². The standard InChI is InChI=1S/C12H18/c1-5-9(2)12-7-6-10(3)11(4)8-12/h5-7,12H,8H2,1-4H3/b9-5+. The first-order valence-corrected chi connectivity index (χ1v) is 4.62. The van der Waals surface area contributed by atoms with Crippen molar-refractivity contribution in [3.63, 3.8) is 0 Å². The molecule has 1 aliphatic rings. The van der Waals surface area contributed by atoms with E-state index in [1.54, 1.807) is 0 Å². The molecular formula is C12H18. The van der Waals surface area contributed by atoms with Crippen LogP contribution in [0.1, 0.15) is 34.1 Å². The van der Waals surface area contributed by atoms with Crippen LogP contribution in [0.3, 0.4) is 0 Å². The quantitative estimate of drug-likeness (QED) is 0.513. The van der Waals surface area contributed by atoms with Crippen molar-refractivity contribution in [3.8, 4) is 0 Å². The highest BCUT2D eigenvalue weighted by atomic mass is 14.2. The van der Waals surface area contributed by atoms with E-state index in [9.17, 15) is 0 Å². The Hall–Kier alpha value is -0.780. The smallest absolute Gasteiger partial charge is 0.00143 e. The van der Waals surface area contributed by atoms with Gasteiger partial charge >= 0.3 is 0 Å². The number of allylic oxidation sites excluding steroid dienone is 6. The van der Waals surface area contributed by atoms with E-state index in [1.165, 1.54) is 23.1 Å². The van der Waals surface area contributed by atoms with Gasteiger partial charge in [0.05, 0.1) is 0 Å². The Morgan fingerprint density at radius 1 is 1.50 bits per heavy atom. The Morgan fingerprint density at radius 2 is 2.17 bits per heavy atom. The lowest BCUT2D eigenvalue weighted by Crippen LogP contribution is -2.04. The molecule has 0 bridgehead atoms. The van der Waals surface area contributed by atoms with E-state index >= 15 is 0 Å². The van der Waals surface area contributed by atoms with Crippen LogP contribution in [0.5, 0.6) is 0 Å². The molecule has 66 valence electrons. The van der Waals surface area contributed by atoms with E-state index < -0.39 is 0 Å². The van der Waals surface area contributed by atoms with Crippen LogP contribution in [0.25, 0.3) is 0 Å². The first kappa shape index (κ1) is 9.31. The van der Waals surface area contributed by atoms with Gasteiger partial charge in [-0.2, -0.15) is 0 Å². The zero-order valence-corrected chi connectivity index (χ0v) is 8.52. The maximum Gasteiger partial charge on any atom is 0.00143 e. The van der Waals surface area contributed by atoms with Crippen LogP contribution in [0.2, 0.25) is 0 Å². The zero-order valence-electron chi connectivity index (χ0n) is 8.52. The average molecular weight is 162 g/mol. The molecule has 12 heavy (non-hydrogen) atoms. The lowest BCUT2D eigenvalue weighted by molar-refractivity contribution is 0.726. The molecule has 0 N–H and O–H groups in total. The van der Waals surface area contributed by atoms with E-state index in [0.717, 1.165) is 0 Å². The molecule has 1 aliphatic carbocycles. The van der Waals surface area contributed by atoms with Gasteiger partial charge < -0.3 is 0 Å². The van der Waals surface area contributed by atoms with Crippen molar-refractivity contribution in [3.05, 3.63) is 34.9 Å². The molecule has 1 unspecified atom stereocenters. The second kappa shape index (κ2) is 3.75. The Bertz CT molecular complexity index is 251. The minimum atomic E-state index is 0.652. The molecule has 0 saturated carbocycles. The van der Waals surface area contributed by atoms with Crippen LogP contribution in [-0.2, 0) is 0 Å². The van der Waals surface area contributed by atoms with Crippen LogP contribution in [0.4, 0.5) is 0 Å². The Kier molecular flexibility index (Phi) is 2.91. The van der Waals surface area contributed by atoms with E-state index in [0.29, 0.717) is 5.92 Å².